The Morgan fingerprint density at radius 2 is 1.88 bits per heavy atom. The van der Waals surface area contributed by atoms with Gasteiger partial charge >= 0.3 is 0 Å². The highest BCUT2D eigenvalue weighted by atomic mass is 16.5. The summed E-state index contributed by atoms with van der Waals surface area (Å²) < 4.78 is 5.34. The van der Waals surface area contributed by atoms with Crippen LogP contribution in [0.1, 0.15) is 37.7 Å². The molecule has 2 heterocycles. The fourth-order valence-corrected chi connectivity index (χ4v) is 4.04. The second-order valence-corrected chi connectivity index (χ2v) is 7.36. The summed E-state index contributed by atoms with van der Waals surface area (Å²) in [6.07, 6.45) is 6.45. The Labute approximate surface area is 151 Å². The summed E-state index contributed by atoms with van der Waals surface area (Å²) in [5.74, 6) is 0.753. The fraction of sp³-hybridized carbons (Fsp3) is 0.650. The normalized spacial score (nSPS) is 20.4. The molecule has 3 rings (SSSR count). The first-order valence-electron chi connectivity index (χ1n) is 9.56. The number of amides is 1. The van der Waals surface area contributed by atoms with Crippen molar-refractivity contribution in [2.45, 2.75) is 45.1 Å². The third-order valence-corrected chi connectivity index (χ3v) is 5.46. The van der Waals surface area contributed by atoms with Crippen molar-refractivity contribution in [3.63, 3.8) is 0 Å². The molecule has 138 valence electrons. The molecule has 1 N–H and O–H groups in total. The van der Waals surface area contributed by atoms with Gasteiger partial charge in [0, 0.05) is 19.1 Å². The van der Waals surface area contributed by atoms with E-state index in [0.717, 1.165) is 30.4 Å². The zero-order valence-corrected chi connectivity index (χ0v) is 15.6. The van der Waals surface area contributed by atoms with Gasteiger partial charge in [-0.15, -0.1) is 0 Å². The van der Waals surface area contributed by atoms with Gasteiger partial charge in [0.05, 0.1) is 19.3 Å². The summed E-state index contributed by atoms with van der Waals surface area (Å²) in [6.45, 7) is 7.03. The minimum atomic E-state index is 0.0420. The maximum absolute atomic E-state index is 12.4. The number of piperidine rings is 2. The first-order valence-corrected chi connectivity index (χ1v) is 9.56. The number of nitrogens with one attached hydrogen (secondary N) is 1. The second-order valence-electron chi connectivity index (χ2n) is 7.36. The molecule has 1 aromatic carbocycles. The number of benzene rings is 1. The van der Waals surface area contributed by atoms with Gasteiger partial charge in [0.2, 0.25) is 5.91 Å². The highest BCUT2D eigenvalue weighted by Crippen LogP contribution is 2.25. The Kier molecular flexibility index (Phi) is 6.32. The van der Waals surface area contributed by atoms with E-state index in [0.29, 0.717) is 12.3 Å². The molecule has 5 heteroatoms. The zero-order valence-electron chi connectivity index (χ0n) is 15.6. The van der Waals surface area contributed by atoms with Gasteiger partial charge in [0.25, 0.3) is 0 Å². The van der Waals surface area contributed by atoms with E-state index in [1.54, 1.807) is 7.11 Å². The van der Waals surface area contributed by atoms with Gasteiger partial charge in [-0.25, -0.2) is 0 Å². The summed E-state index contributed by atoms with van der Waals surface area (Å²) in [6, 6.07) is 6.56. The van der Waals surface area contributed by atoms with Crippen LogP contribution in [0.4, 0.5) is 5.69 Å². The minimum absolute atomic E-state index is 0.0420. The molecule has 2 saturated heterocycles. The molecule has 0 spiro atoms. The first-order chi connectivity index (χ1) is 12.2. The molecule has 0 atom stereocenters. The van der Waals surface area contributed by atoms with E-state index in [4.69, 9.17) is 4.74 Å². The van der Waals surface area contributed by atoms with E-state index in [9.17, 15) is 4.79 Å². The molecule has 0 aliphatic carbocycles. The summed E-state index contributed by atoms with van der Waals surface area (Å²) in [5, 5.41) is 3.01. The van der Waals surface area contributed by atoms with Crippen LogP contribution in [0.5, 0.6) is 5.75 Å². The predicted octanol–water partition coefficient (Wildman–Crippen LogP) is 2.89. The molecule has 2 aliphatic heterocycles. The smallest absolute Gasteiger partial charge is 0.238 e. The highest BCUT2D eigenvalue weighted by Gasteiger charge is 2.26. The minimum Gasteiger partial charge on any atom is -0.495 e. The number of ether oxygens (including phenoxy) is 1. The number of hydrogen-bond acceptors (Lipinski definition) is 4. The average Bonchev–Trinajstić information content (AvgIpc) is 2.63. The molecule has 1 amide bonds. The van der Waals surface area contributed by atoms with Crippen molar-refractivity contribution in [3.8, 4) is 5.75 Å². The number of methoxy groups -OCH3 is 1. The van der Waals surface area contributed by atoms with E-state index in [1.165, 1.54) is 45.2 Å². The number of aryl methyl sites for hydroxylation is 1. The van der Waals surface area contributed by atoms with Crippen LogP contribution in [-0.2, 0) is 4.79 Å². The average molecular weight is 345 g/mol. The van der Waals surface area contributed by atoms with Crippen molar-refractivity contribution in [2.24, 2.45) is 0 Å². The standard InChI is InChI=1S/C20H31N3O2/c1-16-6-7-19(25-2)18(14-16)21-20(24)15-22-12-8-17(9-13-22)23-10-4-3-5-11-23/h6-7,14,17H,3-5,8-13,15H2,1-2H3,(H,21,24). The molecule has 0 bridgehead atoms. The van der Waals surface area contributed by atoms with Crippen LogP contribution in [0, 0.1) is 6.92 Å². The number of hydrogen-bond donors (Lipinski definition) is 1. The van der Waals surface area contributed by atoms with Crippen LogP contribution in [-0.4, -0.2) is 61.6 Å². The molecule has 5 nitrogen and oxygen atoms in total. The molecule has 1 aromatic rings. The molecular weight excluding hydrogens is 314 g/mol. The number of nitrogens with zero attached hydrogens (tertiary/aromatic N) is 2. The van der Waals surface area contributed by atoms with Crippen LogP contribution >= 0.6 is 0 Å². The Morgan fingerprint density at radius 1 is 1.16 bits per heavy atom. The zero-order chi connectivity index (χ0) is 17.6. The van der Waals surface area contributed by atoms with Crippen LogP contribution in [0.25, 0.3) is 0 Å². The molecule has 0 aromatic heterocycles. The van der Waals surface area contributed by atoms with E-state index < -0.39 is 0 Å². The first kappa shape index (κ1) is 18.2. The Bertz CT molecular complexity index is 576. The van der Waals surface area contributed by atoms with Gasteiger partial charge in [0.1, 0.15) is 5.75 Å². The third-order valence-electron chi connectivity index (χ3n) is 5.46. The maximum atomic E-state index is 12.4. The van der Waals surface area contributed by atoms with E-state index in [-0.39, 0.29) is 5.91 Å². The molecule has 2 aliphatic rings. The van der Waals surface area contributed by atoms with Crippen molar-refractivity contribution in [3.05, 3.63) is 23.8 Å². The summed E-state index contributed by atoms with van der Waals surface area (Å²) in [5.41, 5.74) is 1.87. The molecule has 2 fully saturated rings. The lowest BCUT2D eigenvalue weighted by molar-refractivity contribution is -0.117. The molecular formula is C20H31N3O2. The van der Waals surface area contributed by atoms with Crippen LogP contribution in [0.3, 0.4) is 0 Å². The van der Waals surface area contributed by atoms with Crippen LogP contribution in [0.15, 0.2) is 18.2 Å². The lowest BCUT2D eigenvalue weighted by Gasteiger charge is -2.40. The van der Waals surface area contributed by atoms with Gasteiger partial charge in [-0.3, -0.25) is 9.69 Å². The molecule has 0 saturated carbocycles. The monoisotopic (exact) mass is 345 g/mol. The van der Waals surface area contributed by atoms with Crippen molar-refractivity contribution >= 4 is 11.6 Å². The third kappa shape index (κ3) is 4.95. The summed E-state index contributed by atoms with van der Waals surface area (Å²) >= 11 is 0. The van der Waals surface area contributed by atoms with Gasteiger partial charge < -0.3 is 15.0 Å². The largest absolute Gasteiger partial charge is 0.495 e. The number of rotatable bonds is 5. The SMILES string of the molecule is COc1ccc(C)cc1NC(=O)CN1CCC(N2CCCCC2)CC1. The topological polar surface area (TPSA) is 44.8 Å². The Hall–Kier alpha value is -1.59. The number of carbonyl (C=O) groups excluding carboxylic acids is 1. The van der Waals surface area contributed by atoms with Gasteiger partial charge in [-0.1, -0.05) is 12.5 Å². The Morgan fingerprint density at radius 3 is 2.56 bits per heavy atom. The number of likely N-dealkylation sites (tertiary alicyclic amines) is 2. The highest BCUT2D eigenvalue weighted by molar-refractivity contribution is 5.93. The van der Waals surface area contributed by atoms with Gasteiger partial charge in [-0.05, 0) is 63.4 Å². The number of anilines is 1. The molecule has 0 radical (unpaired) electrons. The van der Waals surface area contributed by atoms with Crippen molar-refractivity contribution in [1.29, 1.82) is 0 Å². The van der Waals surface area contributed by atoms with Crippen molar-refractivity contribution in [2.75, 3.05) is 45.2 Å². The Balaban J connectivity index is 1.47. The van der Waals surface area contributed by atoms with Crippen LogP contribution < -0.4 is 10.1 Å². The number of carbonyl (C=O) groups is 1. The molecule has 0 unspecified atom stereocenters. The van der Waals surface area contributed by atoms with Crippen LogP contribution in [0.2, 0.25) is 0 Å². The predicted molar refractivity (Wildman–Crippen MR) is 101 cm³/mol. The fourth-order valence-electron chi connectivity index (χ4n) is 4.04. The maximum Gasteiger partial charge on any atom is 0.238 e. The second kappa shape index (κ2) is 8.68. The van der Waals surface area contributed by atoms with E-state index >= 15 is 0 Å². The van der Waals surface area contributed by atoms with E-state index in [2.05, 4.69) is 15.1 Å². The molecule has 25 heavy (non-hydrogen) atoms. The van der Waals surface area contributed by atoms with Gasteiger partial charge in [-0.2, -0.15) is 0 Å². The van der Waals surface area contributed by atoms with Crippen molar-refractivity contribution in [1.82, 2.24) is 9.80 Å². The van der Waals surface area contributed by atoms with E-state index in [1.807, 2.05) is 25.1 Å². The van der Waals surface area contributed by atoms with Gasteiger partial charge in [0.15, 0.2) is 0 Å². The van der Waals surface area contributed by atoms with Crippen molar-refractivity contribution < 1.29 is 9.53 Å². The lowest BCUT2D eigenvalue weighted by atomic mass is 10.00. The lowest BCUT2D eigenvalue weighted by Crippen LogP contribution is -2.48. The summed E-state index contributed by atoms with van der Waals surface area (Å²) in [4.78, 5) is 17.4. The quantitative estimate of drug-likeness (QED) is 0.891. The summed E-state index contributed by atoms with van der Waals surface area (Å²) in [7, 11) is 1.63.